The zero-order valence-corrected chi connectivity index (χ0v) is 15.1. The van der Waals surface area contributed by atoms with Gasteiger partial charge in [-0.1, -0.05) is 22.0 Å². The summed E-state index contributed by atoms with van der Waals surface area (Å²) in [5, 5.41) is 0. The van der Waals surface area contributed by atoms with Gasteiger partial charge in [0, 0.05) is 15.6 Å². The fourth-order valence-electron chi connectivity index (χ4n) is 1.97. The Hall–Kier alpha value is -2.54. The van der Waals surface area contributed by atoms with Crippen LogP contribution in [0.5, 0.6) is 11.5 Å². The smallest absolute Gasteiger partial charge is 0.269 e. The Labute approximate surface area is 148 Å². The third-order valence-corrected chi connectivity index (χ3v) is 4.22. The topological polar surface area (TPSA) is 76.7 Å². The molecule has 0 radical (unpaired) electrons. The molecule has 7 heteroatoms. The Kier molecular flexibility index (Phi) is 5.81. The maximum Gasteiger partial charge on any atom is 0.269 e. The summed E-state index contributed by atoms with van der Waals surface area (Å²) in [6, 6.07) is 9.90. The van der Waals surface area contributed by atoms with Gasteiger partial charge >= 0.3 is 0 Å². The normalized spacial score (nSPS) is 10.0. The van der Waals surface area contributed by atoms with Crippen LogP contribution in [0.15, 0.2) is 40.9 Å². The lowest BCUT2D eigenvalue weighted by Gasteiger charge is -2.11. The number of hydrogen-bond donors (Lipinski definition) is 2. The Morgan fingerprint density at radius 2 is 1.42 bits per heavy atom. The Balaban J connectivity index is 2.04. The van der Waals surface area contributed by atoms with Crippen molar-refractivity contribution in [1.82, 2.24) is 10.9 Å². The van der Waals surface area contributed by atoms with Crippen LogP contribution in [0.25, 0.3) is 0 Å². The van der Waals surface area contributed by atoms with Crippen molar-refractivity contribution in [2.24, 2.45) is 0 Å². The van der Waals surface area contributed by atoms with Crippen molar-refractivity contribution in [2.75, 3.05) is 14.2 Å². The summed E-state index contributed by atoms with van der Waals surface area (Å²) in [7, 11) is 2.99. The number of methoxy groups -OCH3 is 2. The minimum absolute atomic E-state index is 0.332. The molecule has 0 fully saturated rings. The van der Waals surface area contributed by atoms with E-state index in [4.69, 9.17) is 9.47 Å². The lowest BCUT2D eigenvalue weighted by molar-refractivity contribution is 0.0846. The van der Waals surface area contributed by atoms with E-state index < -0.39 is 11.8 Å². The number of amides is 2. The van der Waals surface area contributed by atoms with Gasteiger partial charge < -0.3 is 9.47 Å². The van der Waals surface area contributed by atoms with Crippen LogP contribution >= 0.6 is 15.9 Å². The summed E-state index contributed by atoms with van der Waals surface area (Å²) in [5.41, 5.74) is 6.53. The molecule has 0 saturated heterocycles. The first kappa shape index (κ1) is 17.8. The number of carbonyl (C=O) groups is 2. The summed E-state index contributed by atoms with van der Waals surface area (Å²) in [4.78, 5) is 24.2. The summed E-state index contributed by atoms with van der Waals surface area (Å²) < 4.78 is 11.1. The molecule has 0 aliphatic rings. The zero-order chi connectivity index (χ0) is 17.7. The van der Waals surface area contributed by atoms with Gasteiger partial charge in [0.15, 0.2) is 11.5 Å². The molecule has 6 nitrogen and oxygen atoms in total. The van der Waals surface area contributed by atoms with Crippen molar-refractivity contribution in [2.45, 2.75) is 6.92 Å². The maximum absolute atomic E-state index is 12.1. The van der Waals surface area contributed by atoms with Gasteiger partial charge in [-0.25, -0.2) is 0 Å². The van der Waals surface area contributed by atoms with Crippen molar-refractivity contribution < 1.29 is 19.1 Å². The molecule has 2 amide bonds. The van der Waals surface area contributed by atoms with Crippen LogP contribution in [0, 0.1) is 6.92 Å². The first-order chi connectivity index (χ1) is 11.5. The highest BCUT2D eigenvalue weighted by molar-refractivity contribution is 9.10. The first-order valence-electron chi connectivity index (χ1n) is 7.05. The largest absolute Gasteiger partial charge is 0.493 e. The van der Waals surface area contributed by atoms with E-state index in [1.807, 2.05) is 13.0 Å². The van der Waals surface area contributed by atoms with E-state index in [1.54, 1.807) is 24.3 Å². The van der Waals surface area contributed by atoms with Gasteiger partial charge in [-0.05, 0) is 42.8 Å². The molecular weight excluding hydrogens is 376 g/mol. The Morgan fingerprint density at radius 1 is 0.875 bits per heavy atom. The predicted octanol–water partition coefficient (Wildman–Crippen LogP) is 2.85. The number of halogens is 1. The van der Waals surface area contributed by atoms with Gasteiger partial charge in [0.25, 0.3) is 11.8 Å². The third-order valence-electron chi connectivity index (χ3n) is 3.37. The average molecular weight is 393 g/mol. The van der Waals surface area contributed by atoms with Crippen LogP contribution < -0.4 is 20.3 Å². The van der Waals surface area contributed by atoms with E-state index in [0.29, 0.717) is 22.6 Å². The number of benzene rings is 2. The van der Waals surface area contributed by atoms with Gasteiger partial charge in [0.2, 0.25) is 0 Å². The van der Waals surface area contributed by atoms with E-state index in [-0.39, 0.29) is 0 Å². The maximum atomic E-state index is 12.1. The van der Waals surface area contributed by atoms with Crippen LogP contribution in [0.4, 0.5) is 0 Å². The van der Waals surface area contributed by atoms with Crippen molar-refractivity contribution in [3.05, 3.63) is 57.6 Å². The number of aryl methyl sites for hydroxylation is 1. The Bertz CT molecular complexity index is 777. The quantitative estimate of drug-likeness (QED) is 0.784. The van der Waals surface area contributed by atoms with Crippen LogP contribution in [0.3, 0.4) is 0 Å². The molecule has 0 bridgehead atoms. The lowest BCUT2D eigenvalue weighted by atomic mass is 10.1. The fourth-order valence-corrected chi connectivity index (χ4v) is 2.35. The molecule has 2 rings (SSSR count). The van der Waals surface area contributed by atoms with Gasteiger partial charge in [0.1, 0.15) is 0 Å². The second-order valence-electron chi connectivity index (χ2n) is 4.94. The molecule has 24 heavy (non-hydrogen) atoms. The molecule has 0 unspecified atom stereocenters. The monoisotopic (exact) mass is 392 g/mol. The molecule has 0 aliphatic heterocycles. The number of ether oxygens (including phenoxy) is 2. The second-order valence-corrected chi connectivity index (χ2v) is 5.80. The van der Waals surface area contributed by atoms with E-state index >= 15 is 0 Å². The standard InChI is InChI=1S/C17H17BrN2O4/c1-10-4-5-11(8-13(10)18)16(21)19-20-17(22)12-6-7-14(23-2)15(9-12)24-3/h4-9H,1-3H3,(H,19,21)(H,20,22). The van der Waals surface area contributed by atoms with Gasteiger partial charge in [-0.3, -0.25) is 20.4 Å². The van der Waals surface area contributed by atoms with Crippen molar-refractivity contribution >= 4 is 27.7 Å². The van der Waals surface area contributed by atoms with E-state index in [1.165, 1.54) is 20.3 Å². The summed E-state index contributed by atoms with van der Waals surface area (Å²) in [6.07, 6.45) is 0. The highest BCUT2D eigenvalue weighted by Gasteiger charge is 2.12. The Morgan fingerprint density at radius 3 is 1.96 bits per heavy atom. The molecule has 126 valence electrons. The number of nitrogens with one attached hydrogen (secondary N) is 2. The summed E-state index contributed by atoms with van der Waals surface area (Å²) in [6.45, 7) is 1.92. The van der Waals surface area contributed by atoms with Crippen molar-refractivity contribution in [1.29, 1.82) is 0 Å². The lowest BCUT2D eigenvalue weighted by Crippen LogP contribution is -2.41. The van der Waals surface area contributed by atoms with E-state index in [2.05, 4.69) is 26.8 Å². The highest BCUT2D eigenvalue weighted by atomic mass is 79.9. The zero-order valence-electron chi connectivity index (χ0n) is 13.5. The number of rotatable bonds is 4. The molecule has 0 saturated carbocycles. The molecule has 0 atom stereocenters. The molecule has 2 N–H and O–H groups in total. The number of carbonyl (C=O) groups excluding carboxylic acids is 2. The summed E-state index contributed by atoms with van der Waals surface area (Å²) >= 11 is 3.37. The molecule has 2 aromatic carbocycles. The molecule has 2 aromatic rings. The molecular formula is C17H17BrN2O4. The minimum Gasteiger partial charge on any atom is -0.493 e. The van der Waals surface area contributed by atoms with Crippen LogP contribution in [-0.4, -0.2) is 26.0 Å². The average Bonchev–Trinajstić information content (AvgIpc) is 2.60. The van der Waals surface area contributed by atoms with Crippen LogP contribution in [0.1, 0.15) is 26.3 Å². The minimum atomic E-state index is -0.463. The van der Waals surface area contributed by atoms with Crippen LogP contribution in [-0.2, 0) is 0 Å². The molecule has 0 heterocycles. The van der Waals surface area contributed by atoms with Crippen molar-refractivity contribution in [3.63, 3.8) is 0 Å². The third kappa shape index (κ3) is 4.05. The summed E-state index contributed by atoms with van der Waals surface area (Å²) in [5.74, 6) is 0.0709. The fraction of sp³-hybridized carbons (Fsp3) is 0.176. The SMILES string of the molecule is COc1ccc(C(=O)NNC(=O)c2ccc(C)c(Br)c2)cc1OC. The predicted molar refractivity (Wildman–Crippen MR) is 93.4 cm³/mol. The molecule has 0 spiro atoms. The van der Waals surface area contributed by atoms with Crippen LogP contribution in [0.2, 0.25) is 0 Å². The van der Waals surface area contributed by atoms with E-state index in [9.17, 15) is 9.59 Å². The molecule has 0 aromatic heterocycles. The first-order valence-corrected chi connectivity index (χ1v) is 7.84. The van der Waals surface area contributed by atoms with Crippen molar-refractivity contribution in [3.8, 4) is 11.5 Å². The van der Waals surface area contributed by atoms with Gasteiger partial charge in [0.05, 0.1) is 14.2 Å². The van der Waals surface area contributed by atoms with E-state index in [0.717, 1.165) is 10.0 Å². The number of hydrazine groups is 1. The van der Waals surface area contributed by atoms with Gasteiger partial charge in [-0.15, -0.1) is 0 Å². The highest BCUT2D eigenvalue weighted by Crippen LogP contribution is 2.27. The van der Waals surface area contributed by atoms with Gasteiger partial charge in [-0.2, -0.15) is 0 Å². The second kappa shape index (κ2) is 7.83. The number of hydrogen-bond acceptors (Lipinski definition) is 4. The molecule has 0 aliphatic carbocycles.